The lowest BCUT2D eigenvalue weighted by atomic mass is 10.1. The molecule has 1 rings (SSSR count). The van der Waals surface area contributed by atoms with Gasteiger partial charge >= 0.3 is 0 Å². The number of carbonyl (C=O) groups excluding carboxylic acids is 1. The highest BCUT2D eigenvalue weighted by molar-refractivity contribution is 6.29. The Morgan fingerprint density at radius 3 is 2.47 bits per heavy atom. The second-order valence-electron chi connectivity index (χ2n) is 4.19. The number of alkyl halides is 1. The Morgan fingerprint density at radius 2 is 1.88 bits per heavy atom. The Morgan fingerprint density at radius 1 is 1.18 bits per heavy atom. The van der Waals surface area contributed by atoms with Gasteiger partial charge in [0.2, 0.25) is 5.91 Å². The van der Waals surface area contributed by atoms with Gasteiger partial charge < -0.3 is 5.32 Å². The zero-order valence-corrected chi connectivity index (χ0v) is 11.1. The van der Waals surface area contributed by atoms with Crippen LogP contribution in [0.25, 0.3) is 0 Å². The number of benzene rings is 1. The molecule has 1 aromatic rings. The standard InChI is InChI=1S/C14H20ClNO/c1-2-3-4-5-6-12-7-9-13(10-8-12)16-14(17)11-15/h7-10H,2-6,11H2,1H3,(H,16,17). The molecule has 0 unspecified atom stereocenters. The average Bonchev–Trinajstić information content (AvgIpc) is 2.36. The summed E-state index contributed by atoms with van der Waals surface area (Å²) in [6.45, 7) is 2.22. The molecule has 17 heavy (non-hydrogen) atoms. The molecule has 1 amide bonds. The third-order valence-corrected chi connectivity index (χ3v) is 2.92. The number of halogens is 1. The predicted octanol–water partition coefficient (Wildman–Crippen LogP) is 3.99. The van der Waals surface area contributed by atoms with Crippen LogP contribution in [-0.2, 0) is 11.2 Å². The van der Waals surface area contributed by atoms with E-state index in [1.54, 1.807) is 0 Å². The van der Waals surface area contributed by atoms with Crippen molar-refractivity contribution in [1.82, 2.24) is 0 Å². The van der Waals surface area contributed by atoms with E-state index in [1.165, 1.54) is 31.2 Å². The molecule has 0 aromatic heterocycles. The minimum atomic E-state index is -0.164. The van der Waals surface area contributed by atoms with Crippen LogP contribution in [0.5, 0.6) is 0 Å². The number of hydrogen-bond donors (Lipinski definition) is 1. The van der Waals surface area contributed by atoms with Gasteiger partial charge in [-0.15, -0.1) is 11.6 Å². The predicted molar refractivity (Wildman–Crippen MR) is 73.6 cm³/mol. The maximum atomic E-state index is 11.1. The van der Waals surface area contributed by atoms with E-state index < -0.39 is 0 Å². The molecule has 2 nitrogen and oxygen atoms in total. The first-order chi connectivity index (χ1) is 8.26. The molecule has 0 atom stereocenters. The Hall–Kier alpha value is -1.02. The molecular formula is C14H20ClNO. The lowest BCUT2D eigenvalue weighted by molar-refractivity contribution is -0.113. The van der Waals surface area contributed by atoms with Crippen molar-refractivity contribution in [2.24, 2.45) is 0 Å². The second-order valence-corrected chi connectivity index (χ2v) is 4.46. The zero-order valence-electron chi connectivity index (χ0n) is 10.3. The van der Waals surface area contributed by atoms with E-state index in [2.05, 4.69) is 24.4 Å². The first-order valence-corrected chi connectivity index (χ1v) is 6.74. The van der Waals surface area contributed by atoms with Crippen LogP contribution in [0.15, 0.2) is 24.3 Å². The number of aryl methyl sites for hydroxylation is 1. The molecule has 1 N–H and O–H groups in total. The van der Waals surface area contributed by atoms with Crippen LogP contribution >= 0.6 is 11.6 Å². The Labute approximate surface area is 108 Å². The van der Waals surface area contributed by atoms with Gasteiger partial charge in [-0.25, -0.2) is 0 Å². The zero-order chi connectivity index (χ0) is 12.5. The molecule has 0 aliphatic carbocycles. The van der Waals surface area contributed by atoms with E-state index in [0.29, 0.717) is 0 Å². The summed E-state index contributed by atoms with van der Waals surface area (Å²) < 4.78 is 0. The third-order valence-electron chi connectivity index (χ3n) is 2.68. The van der Waals surface area contributed by atoms with Crippen LogP contribution in [0, 0.1) is 0 Å². The summed E-state index contributed by atoms with van der Waals surface area (Å²) in [4.78, 5) is 11.1. The topological polar surface area (TPSA) is 29.1 Å². The fourth-order valence-electron chi connectivity index (χ4n) is 1.71. The summed E-state index contributed by atoms with van der Waals surface area (Å²) in [5.41, 5.74) is 2.14. The number of anilines is 1. The van der Waals surface area contributed by atoms with Gasteiger partial charge in [0, 0.05) is 5.69 Å². The molecule has 0 saturated heterocycles. The average molecular weight is 254 g/mol. The van der Waals surface area contributed by atoms with Gasteiger partial charge in [-0.2, -0.15) is 0 Å². The van der Waals surface area contributed by atoms with Gasteiger partial charge in [0.05, 0.1) is 0 Å². The van der Waals surface area contributed by atoms with E-state index in [9.17, 15) is 4.79 Å². The fourth-order valence-corrected chi connectivity index (χ4v) is 1.77. The molecule has 0 aliphatic heterocycles. The van der Waals surface area contributed by atoms with Crippen molar-refractivity contribution in [3.05, 3.63) is 29.8 Å². The van der Waals surface area contributed by atoms with Crippen molar-refractivity contribution in [3.63, 3.8) is 0 Å². The summed E-state index contributed by atoms with van der Waals surface area (Å²) in [5.74, 6) is -0.166. The summed E-state index contributed by atoms with van der Waals surface area (Å²) in [6.07, 6.45) is 6.22. The van der Waals surface area contributed by atoms with Gasteiger partial charge in [0.15, 0.2) is 0 Å². The first-order valence-electron chi connectivity index (χ1n) is 6.21. The van der Waals surface area contributed by atoms with Gasteiger partial charge in [-0.3, -0.25) is 4.79 Å². The third kappa shape index (κ3) is 5.73. The number of rotatable bonds is 7. The molecule has 94 valence electrons. The highest BCUT2D eigenvalue weighted by atomic mass is 35.5. The molecular weight excluding hydrogens is 234 g/mol. The van der Waals surface area contributed by atoms with Crippen molar-refractivity contribution >= 4 is 23.2 Å². The summed E-state index contributed by atoms with van der Waals surface area (Å²) in [7, 11) is 0. The van der Waals surface area contributed by atoms with Gasteiger partial charge in [0.1, 0.15) is 5.88 Å². The van der Waals surface area contributed by atoms with Gasteiger partial charge in [-0.05, 0) is 30.5 Å². The Kier molecular flexibility index (Phi) is 6.71. The minimum Gasteiger partial charge on any atom is -0.325 e. The molecule has 0 spiro atoms. The van der Waals surface area contributed by atoms with E-state index in [0.717, 1.165) is 12.1 Å². The normalized spacial score (nSPS) is 10.2. The number of hydrogen-bond acceptors (Lipinski definition) is 1. The van der Waals surface area contributed by atoms with Crippen LogP contribution in [0.1, 0.15) is 38.2 Å². The SMILES string of the molecule is CCCCCCc1ccc(NC(=O)CCl)cc1. The summed E-state index contributed by atoms with van der Waals surface area (Å²) in [5, 5.41) is 2.72. The van der Waals surface area contributed by atoms with Crippen LogP contribution in [0.4, 0.5) is 5.69 Å². The van der Waals surface area contributed by atoms with Crippen molar-refractivity contribution in [3.8, 4) is 0 Å². The quantitative estimate of drug-likeness (QED) is 0.578. The van der Waals surface area contributed by atoms with E-state index >= 15 is 0 Å². The first kappa shape index (κ1) is 14.0. The van der Waals surface area contributed by atoms with Crippen molar-refractivity contribution < 1.29 is 4.79 Å². The molecule has 0 heterocycles. The molecule has 0 fully saturated rings. The Bertz CT molecular complexity index is 335. The lowest BCUT2D eigenvalue weighted by Crippen LogP contribution is -2.12. The molecule has 3 heteroatoms. The highest BCUT2D eigenvalue weighted by Gasteiger charge is 1.99. The molecule has 0 saturated carbocycles. The molecule has 0 radical (unpaired) electrons. The number of unbranched alkanes of at least 4 members (excludes halogenated alkanes) is 3. The molecule has 0 aliphatic rings. The largest absolute Gasteiger partial charge is 0.325 e. The van der Waals surface area contributed by atoms with Crippen molar-refractivity contribution in [2.45, 2.75) is 39.0 Å². The molecule has 0 bridgehead atoms. The molecule has 1 aromatic carbocycles. The highest BCUT2D eigenvalue weighted by Crippen LogP contribution is 2.12. The van der Waals surface area contributed by atoms with Crippen LogP contribution in [0.3, 0.4) is 0 Å². The second kappa shape index (κ2) is 8.13. The van der Waals surface area contributed by atoms with Gasteiger partial charge in [-0.1, -0.05) is 38.3 Å². The minimum absolute atomic E-state index is 0.00122. The van der Waals surface area contributed by atoms with E-state index in [1.807, 2.05) is 12.1 Å². The maximum Gasteiger partial charge on any atom is 0.239 e. The number of amides is 1. The van der Waals surface area contributed by atoms with E-state index in [-0.39, 0.29) is 11.8 Å². The summed E-state index contributed by atoms with van der Waals surface area (Å²) >= 11 is 5.42. The number of nitrogens with one attached hydrogen (secondary N) is 1. The maximum absolute atomic E-state index is 11.1. The Balaban J connectivity index is 2.36. The smallest absolute Gasteiger partial charge is 0.239 e. The van der Waals surface area contributed by atoms with Crippen LogP contribution in [-0.4, -0.2) is 11.8 Å². The van der Waals surface area contributed by atoms with E-state index in [4.69, 9.17) is 11.6 Å². The van der Waals surface area contributed by atoms with Crippen molar-refractivity contribution in [1.29, 1.82) is 0 Å². The van der Waals surface area contributed by atoms with Gasteiger partial charge in [0.25, 0.3) is 0 Å². The monoisotopic (exact) mass is 253 g/mol. The van der Waals surface area contributed by atoms with Crippen molar-refractivity contribution in [2.75, 3.05) is 11.2 Å². The lowest BCUT2D eigenvalue weighted by Gasteiger charge is -2.05. The summed E-state index contributed by atoms with van der Waals surface area (Å²) in [6, 6.07) is 7.99. The fraction of sp³-hybridized carbons (Fsp3) is 0.500. The van der Waals surface area contributed by atoms with Crippen LogP contribution in [0.2, 0.25) is 0 Å². The number of carbonyl (C=O) groups is 1. The van der Waals surface area contributed by atoms with Crippen LogP contribution < -0.4 is 5.32 Å².